The standard InChI is InChI=1S/C12H17N3O2.ClH/c13-7-10-5-6-14(8-10)9-11-3-1-2-4-12(11)15(16)17;/h1-4,10H,5-9,13H2;1H. The first kappa shape index (κ1) is 14.9. The fourth-order valence-corrected chi connectivity index (χ4v) is 2.31. The maximum Gasteiger partial charge on any atom is 0.273 e. The Balaban J connectivity index is 0.00000162. The maximum atomic E-state index is 10.9. The number of benzene rings is 1. The van der Waals surface area contributed by atoms with Crippen LogP contribution in [-0.4, -0.2) is 29.5 Å². The minimum Gasteiger partial charge on any atom is -0.330 e. The highest BCUT2D eigenvalue weighted by molar-refractivity contribution is 5.85. The van der Waals surface area contributed by atoms with E-state index in [1.54, 1.807) is 12.1 Å². The summed E-state index contributed by atoms with van der Waals surface area (Å²) in [7, 11) is 0. The van der Waals surface area contributed by atoms with Crippen LogP contribution in [0.2, 0.25) is 0 Å². The lowest BCUT2D eigenvalue weighted by molar-refractivity contribution is -0.385. The Bertz CT molecular complexity index is 414. The third kappa shape index (κ3) is 3.41. The van der Waals surface area contributed by atoms with Crippen molar-refractivity contribution in [2.24, 2.45) is 11.7 Å². The number of rotatable bonds is 4. The molecule has 100 valence electrons. The molecule has 0 radical (unpaired) electrons. The number of para-hydroxylation sites is 1. The summed E-state index contributed by atoms with van der Waals surface area (Å²) in [5.74, 6) is 0.540. The Morgan fingerprint density at radius 3 is 2.78 bits per heavy atom. The fourth-order valence-electron chi connectivity index (χ4n) is 2.31. The molecule has 1 atom stereocenters. The molecule has 1 saturated heterocycles. The minimum absolute atomic E-state index is 0. The topological polar surface area (TPSA) is 72.4 Å². The molecule has 1 aromatic rings. The summed E-state index contributed by atoms with van der Waals surface area (Å²) in [5, 5.41) is 10.9. The van der Waals surface area contributed by atoms with Gasteiger partial charge in [-0.15, -0.1) is 12.4 Å². The first-order chi connectivity index (χ1) is 8.20. The van der Waals surface area contributed by atoms with E-state index in [1.807, 2.05) is 12.1 Å². The van der Waals surface area contributed by atoms with Gasteiger partial charge >= 0.3 is 0 Å². The van der Waals surface area contributed by atoms with Gasteiger partial charge in [0.05, 0.1) is 4.92 Å². The van der Waals surface area contributed by atoms with E-state index in [0.29, 0.717) is 19.0 Å². The molecule has 0 spiro atoms. The zero-order valence-corrected chi connectivity index (χ0v) is 10.9. The molecule has 0 aromatic heterocycles. The fraction of sp³-hybridized carbons (Fsp3) is 0.500. The lowest BCUT2D eigenvalue weighted by Gasteiger charge is -2.15. The van der Waals surface area contributed by atoms with E-state index in [0.717, 1.165) is 25.1 Å². The van der Waals surface area contributed by atoms with E-state index < -0.39 is 0 Å². The molecule has 0 bridgehead atoms. The second-order valence-corrected chi connectivity index (χ2v) is 4.51. The van der Waals surface area contributed by atoms with E-state index >= 15 is 0 Å². The number of halogens is 1. The second-order valence-electron chi connectivity index (χ2n) is 4.51. The van der Waals surface area contributed by atoms with Crippen LogP contribution in [0.3, 0.4) is 0 Å². The smallest absolute Gasteiger partial charge is 0.273 e. The average molecular weight is 272 g/mol. The maximum absolute atomic E-state index is 10.9. The van der Waals surface area contributed by atoms with Crippen LogP contribution in [0.1, 0.15) is 12.0 Å². The van der Waals surface area contributed by atoms with E-state index in [1.165, 1.54) is 0 Å². The predicted octanol–water partition coefficient (Wildman–Crippen LogP) is 1.80. The number of nitrogens with two attached hydrogens (primary N) is 1. The second kappa shape index (κ2) is 6.68. The van der Waals surface area contributed by atoms with Gasteiger partial charge in [-0.3, -0.25) is 15.0 Å². The van der Waals surface area contributed by atoms with Crippen molar-refractivity contribution in [3.05, 3.63) is 39.9 Å². The Kier molecular flexibility index (Phi) is 5.53. The van der Waals surface area contributed by atoms with Crippen molar-refractivity contribution >= 4 is 18.1 Å². The molecule has 2 N–H and O–H groups in total. The Labute approximate surface area is 113 Å². The largest absolute Gasteiger partial charge is 0.330 e. The highest BCUT2D eigenvalue weighted by atomic mass is 35.5. The van der Waals surface area contributed by atoms with Crippen molar-refractivity contribution in [2.75, 3.05) is 19.6 Å². The molecule has 0 saturated carbocycles. The lowest BCUT2D eigenvalue weighted by atomic mass is 10.1. The van der Waals surface area contributed by atoms with E-state index in [-0.39, 0.29) is 23.0 Å². The molecular formula is C12H18ClN3O2. The highest BCUT2D eigenvalue weighted by Gasteiger charge is 2.23. The lowest BCUT2D eigenvalue weighted by Crippen LogP contribution is -2.23. The summed E-state index contributed by atoms with van der Waals surface area (Å²) in [5.41, 5.74) is 6.63. The van der Waals surface area contributed by atoms with Crippen LogP contribution in [0.4, 0.5) is 5.69 Å². The van der Waals surface area contributed by atoms with Gasteiger partial charge in [0.15, 0.2) is 0 Å². The number of nitrogens with zero attached hydrogens (tertiary/aromatic N) is 2. The Morgan fingerprint density at radius 1 is 1.44 bits per heavy atom. The van der Waals surface area contributed by atoms with Gasteiger partial charge in [-0.1, -0.05) is 18.2 Å². The number of nitro benzene ring substituents is 1. The minimum atomic E-state index is -0.314. The summed E-state index contributed by atoms with van der Waals surface area (Å²) >= 11 is 0. The summed E-state index contributed by atoms with van der Waals surface area (Å²) < 4.78 is 0. The van der Waals surface area contributed by atoms with Crippen LogP contribution < -0.4 is 5.73 Å². The van der Waals surface area contributed by atoms with Crippen LogP contribution in [-0.2, 0) is 6.54 Å². The van der Waals surface area contributed by atoms with Gasteiger partial charge in [0.2, 0.25) is 0 Å². The Hall–Kier alpha value is -1.17. The van der Waals surface area contributed by atoms with Gasteiger partial charge < -0.3 is 5.73 Å². The normalized spacial score (nSPS) is 19.5. The van der Waals surface area contributed by atoms with Crippen LogP contribution >= 0.6 is 12.4 Å². The Morgan fingerprint density at radius 2 is 2.17 bits per heavy atom. The first-order valence-corrected chi connectivity index (χ1v) is 5.85. The third-order valence-corrected chi connectivity index (χ3v) is 3.29. The van der Waals surface area contributed by atoms with Crippen LogP contribution in [0.15, 0.2) is 24.3 Å². The number of likely N-dealkylation sites (tertiary alicyclic amines) is 1. The zero-order valence-electron chi connectivity index (χ0n) is 10.1. The molecular weight excluding hydrogens is 254 g/mol. The van der Waals surface area contributed by atoms with E-state index in [2.05, 4.69) is 4.90 Å². The van der Waals surface area contributed by atoms with Gasteiger partial charge in [0.25, 0.3) is 5.69 Å². The quantitative estimate of drug-likeness (QED) is 0.669. The first-order valence-electron chi connectivity index (χ1n) is 5.85. The molecule has 0 amide bonds. The molecule has 1 aliphatic heterocycles. The van der Waals surface area contributed by atoms with Crippen molar-refractivity contribution in [1.29, 1.82) is 0 Å². The highest BCUT2D eigenvalue weighted by Crippen LogP contribution is 2.23. The summed E-state index contributed by atoms with van der Waals surface area (Å²) in [6.07, 6.45) is 1.09. The molecule has 6 heteroatoms. The number of hydrogen-bond acceptors (Lipinski definition) is 4. The molecule has 1 unspecified atom stereocenters. The molecule has 2 rings (SSSR count). The monoisotopic (exact) mass is 271 g/mol. The van der Waals surface area contributed by atoms with Gasteiger partial charge in [0.1, 0.15) is 0 Å². The molecule has 1 heterocycles. The van der Waals surface area contributed by atoms with Crippen molar-refractivity contribution in [3.63, 3.8) is 0 Å². The molecule has 1 aliphatic rings. The predicted molar refractivity (Wildman–Crippen MR) is 72.8 cm³/mol. The molecule has 1 fully saturated rings. The zero-order chi connectivity index (χ0) is 12.3. The van der Waals surface area contributed by atoms with Crippen molar-refractivity contribution < 1.29 is 4.92 Å². The van der Waals surface area contributed by atoms with Crippen molar-refractivity contribution in [2.45, 2.75) is 13.0 Å². The van der Waals surface area contributed by atoms with Gasteiger partial charge in [0, 0.05) is 24.7 Å². The van der Waals surface area contributed by atoms with Crippen LogP contribution in [0.25, 0.3) is 0 Å². The van der Waals surface area contributed by atoms with E-state index in [4.69, 9.17) is 5.73 Å². The van der Waals surface area contributed by atoms with Gasteiger partial charge in [-0.05, 0) is 25.4 Å². The molecule has 5 nitrogen and oxygen atoms in total. The summed E-state index contributed by atoms with van der Waals surface area (Å²) in [4.78, 5) is 12.8. The van der Waals surface area contributed by atoms with Crippen LogP contribution in [0.5, 0.6) is 0 Å². The SMILES string of the molecule is Cl.NCC1CCN(Cc2ccccc2[N+](=O)[O-])C1. The average Bonchev–Trinajstić information content (AvgIpc) is 2.77. The van der Waals surface area contributed by atoms with E-state index in [9.17, 15) is 10.1 Å². The molecule has 18 heavy (non-hydrogen) atoms. The van der Waals surface area contributed by atoms with Gasteiger partial charge in [-0.25, -0.2) is 0 Å². The third-order valence-electron chi connectivity index (χ3n) is 3.29. The van der Waals surface area contributed by atoms with Crippen LogP contribution in [0, 0.1) is 16.0 Å². The number of hydrogen-bond donors (Lipinski definition) is 1. The van der Waals surface area contributed by atoms with Gasteiger partial charge in [-0.2, -0.15) is 0 Å². The molecule has 0 aliphatic carbocycles. The molecule has 1 aromatic carbocycles. The summed E-state index contributed by atoms with van der Waals surface area (Å²) in [6, 6.07) is 6.94. The van der Waals surface area contributed by atoms with Crippen molar-refractivity contribution in [1.82, 2.24) is 4.90 Å². The summed E-state index contributed by atoms with van der Waals surface area (Å²) in [6.45, 7) is 3.28. The number of nitro groups is 1. The van der Waals surface area contributed by atoms with Crippen molar-refractivity contribution in [3.8, 4) is 0 Å².